The monoisotopic (exact) mass is 118 g/mol. The zero-order valence-electron chi connectivity index (χ0n) is 5.13. The Balaban J connectivity index is 3.98. The van der Waals surface area contributed by atoms with Crippen LogP contribution in [0.2, 0.25) is 0 Å². The van der Waals surface area contributed by atoms with Gasteiger partial charge in [-0.3, -0.25) is 0 Å². The second kappa shape index (κ2) is 4.61. The average Bonchev–Trinajstić information content (AvgIpc) is 1.85. The predicted octanol–water partition coefficient (Wildman–Crippen LogP) is 1.54. The van der Waals surface area contributed by atoms with Crippen LogP contribution >= 0.6 is 0 Å². The van der Waals surface area contributed by atoms with Crippen molar-refractivity contribution in [1.29, 1.82) is 10.5 Å². The predicted molar refractivity (Wildman–Crippen MR) is 34.1 cm³/mol. The largest absolute Gasteiger partial charge is 0.193 e. The third-order valence-corrected chi connectivity index (χ3v) is 0.713. The highest BCUT2D eigenvalue weighted by Crippen LogP contribution is 1.91. The lowest BCUT2D eigenvalue weighted by Gasteiger charge is -1.78. The van der Waals surface area contributed by atoms with E-state index in [1.54, 1.807) is 13.0 Å². The van der Waals surface area contributed by atoms with Crippen molar-refractivity contribution in [3.63, 3.8) is 0 Å². The molecule has 2 heteroatoms. The van der Waals surface area contributed by atoms with E-state index in [0.29, 0.717) is 0 Å². The fourth-order valence-electron chi connectivity index (χ4n) is 0.319. The number of rotatable bonds is 1. The molecule has 0 radical (unpaired) electrons. The summed E-state index contributed by atoms with van der Waals surface area (Å²) in [4.78, 5) is 0. The molecule has 0 aliphatic heterocycles. The van der Waals surface area contributed by atoms with E-state index in [2.05, 4.69) is 0 Å². The van der Waals surface area contributed by atoms with E-state index in [-0.39, 0.29) is 0 Å². The Morgan fingerprint density at radius 3 is 2.44 bits per heavy atom. The summed E-state index contributed by atoms with van der Waals surface area (Å²) in [6.45, 7) is 1.76. The number of nitrogens with zero attached hydrogens (tertiary/aromatic N) is 2. The van der Waals surface area contributed by atoms with Gasteiger partial charge >= 0.3 is 0 Å². The topological polar surface area (TPSA) is 47.6 Å². The van der Waals surface area contributed by atoms with Crippen LogP contribution in [0.4, 0.5) is 0 Å². The molecule has 0 aromatic heterocycles. The Morgan fingerprint density at radius 2 is 2.00 bits per heavy atom. The molecule has 0 aromatic rings. The van der Waals surface area contributed by atoms with Gasteiger partial charge in [-0.05, 0) is 18.6 Å². The zero-order chi connectivity index (χ0) is 7.11. The maximum atomic E-state index is 8.09. The SMILES string of the molecule is CC(/C=C/C#N)=C\C#N. The van der Waals surface area contributed by atoms with Gasteiger partial charge in [-0.15, -0.1) is 0 Å². The van der Waals surface area contributed by atoms with E-state index in [1.807, 2.05) is 12.1 Å². The second-order valence-electron chi connectivity index (χ2n) is 1.48. The molecule has 0 unspecified atom stereocenters. The molecule has 44 valence electrons. The summed E-state index contributed by atoms with van der Waals surface area (Å²) < 4.78 is 0. The van der Waals surface area contributed by atoms with Crippen LogP contribution in [0.5, 0.6) is 0 Å². The zero-order valence-corrected chi connectivity index (χ0v) is 5.13. The smallest absolute Gasteiger partial charge is 0.0914 e. The highest BCUT2D eigenvalue weighted by molar-refractivity contribution is 5.25. The lowest BCUT2D eigenvalue weighted by molar-refractivity contribution is 1.47. The molecule has 0 amide bonds. The minimum absolute atomic E-state index is 0.791. The summed E-state index contributed by atoms with van der Waals surface area (Å²) in [6.07, 6.45) is 4.31. The van der Waals surface area contributed by atoms with Gasteiger partial charge in [-0.25, -0.2) is 0 Å². The maximum absolute atomic E-state index is 8.09. The second-order valence-corrected chi connectivity index (χ2v) is 1.48. The minimum Gasteiger partial charge on any atom is -0.193 e. The highest BCUT2D eigenvalue weighted by Gasteiger charge is 1.75. The molecule has 0 saturated carbocycles. The van der Waals surface area contributed by atoms with Crippen LogP contribution < -0.4 is 0 Å². The van der Waals surface area contributed by atoms with E-state index >= 15 is 0 Å². The number of nitriles is 2. The van der Waals surface area contributed by atoms with Crippen LogP contribution in [0.3, 0.4) is 0 Å². The van der Waals surface area contributed by atoms with Crippen LogP contribution in [0.15, 0.2) is 23.8 Å². The molecule has 0 fully saturated rings. The molecule has 0 heterocycles. The van der Waals surface area contributed by atoms with Crippen LogP contribution in [-0.2, 0) is 0 Å². The normalized spacial score (nSPS) is 10.8. The van der Waals surface area contributed by atoms with Crippen LogP contribution in [-0.4, -0.2) is 0 Å². The Labute approximate surface area is 54.3 Å². The van der Waals surface area contributed by atoms with Crippen molar-refractivity contribution in [1.82, 2.24) is 0 Å². The summed E-state index contributed by atoms with van der Waals surface area (Å²) in [7, 11) is 0. The van der Waals surface area contributed by atoms with Crippen molar-refractivity contribution in [2.75, 3.05) is 0 Å². The van der Waals surface area contributed by atoms with Crippen molar-refractivity contribution in [2.45, 2.75) is 6.92 Å². The molecule has 0 atom stereocenters. The fourth-order valence-corrected chi connectivity index (χ4v) is 0.319. The molecule has 0 saturated heterocycles. The van der Waals surface area contributed by atoms with Gasteiger partial charge in [0.05, 0.1) is 12.1 Å². The average molecular weight is 118 g/mol. The van der Waals surface area contributed by atoms with Gasteiger partial charge in [0.2, 0.25) is 0 Å². The van der Waals surface area contributed by atoms with Gasteiger partial charge in [0.25, 0.3) is 0 Å². The Kier molecular flexibility index (Phi) is 3.83. The fraction of sp³-hybridized carbons (Fsp3) is 0.143. The van der Waals surface area contributed by atoms with Gasteiger partial charge in [0.15, 0.2) is 0 Å². The first-order valence-electron chi connectivity index (χ1n) is 2.44. The van der Waals surface area contributed by atoms with Crippen molar-refractivity contribution in [2.24, 2.45) is 0 Å². The van der Waals surface area contributed by atoms with E-state index in [1.165, 1.54) is 12.2 Å². The first kappa shape index (κ1) is 7.46. The quantitative estimate of drug-likeness (QED) is 0.387. The maximum Gasteiger partial charge on any atom is 0.0914 e. The van der Waals surface area contributed by atoms with Crippen molar-refractivity contribution >= 4 is 0 Å². The molecular weight excluding hydrogens is 112 g/mol. The molecule has 2 nitrogen and oxygen atoms in total. The van der Waals surface area contributed by atoms with Gasteiger partial charge in [0.1, 0.15) is 0 Å². The third kappa shape index (κ3) is 4.31. The Hall–Kier alpha value is -1.54. The molecule has 0 aliphatic carbocycles. The van der Waals surface area contributed by atoms with Gasteiger partial charge < -0.3 is 0 Å². The molecule has 0 N–H and O–H groups in total. The van der Waals surface area contributed by atoms with Crippen molar-refractivity contribution in [3.05, 3.63) is 23.8 Å². The standard InChI is InChI=1S/C7H6N2/c1-7(4-6-9)3-2-5-8/h2-4H,1H3/b3-2+,7-4+. The third-order valence-electron chi connectivity index (χ3n) is 0.713. The van der Waals surface area contributed by atoms with Gasteiger partial charge in [-0.1, -0.05) is 0 Å². The molecule has 0 aliphatic rings. The summed E-state index contributed by atoms with van der Waals surface area (Å²) in [5.74, 6) is 0. The minimum atomic E-state index is 0.791. The van der Waals surface area contributed by atoms with Crippen LogP contribution in [0, 0.1) is 22.7 Å². The van der Waals surface area contributed by atoms with Crippen molar-refractivity contribution in [3.8, 4) is 12.1 Å². The van der Waals surface area contributed by atoms with E-state index in [0.717, 1.165) is 5.57 Å². The lowest BCUT2D eigenvalue weighted by atomic mass is 10.3. The summed E-state index contributed by atoms with van der Waals surface area (Å²) in [5, 5.41) is 16.1. The number of hydrogen-bond acceptors (Lipinski definition) is 2. The molecule has 0 aromatic carbocycles. The summed E-state index contributed by atoms with van der Waals surface area (Å²) in [5.41, 5.74) is 0.791. The summed E-state index contributed by atoms with van der Waals surface area (Å²) >= 11 is 0. The molecule has 9 heavy (non-hydrogen) atoms. The van der Waals surface area contributed by atoms with Crippen LogP contribution in [0.25, 0.3) is 0 Å². The molecule has 0 rings (SSSR count). The first-order chi connectivity index (χ1) is 4.31. The Morgan fingerprint density at radius 1 is 1.33 bits per heavy atom. The van der Waals surface area contributed by atoms with Crippen molar-refractivity contribution < 1.29 is 0 Å². The van der Waals surface area contributed by atoms with Gasteiger partial charge in [0, 0.05) is 12.2 Å². The van der Waals surface area contributed by atoms with E-state index < -0.39 is 0 Å². The molecule has 0 bridgehead atoms. The molecular formula is C7H6N2. The van der Waals surface area contributed by atoms with E-state index in [9.17, 15) is 0 Å². The lowest BCUT2D eigenvalue weighted by Crippen LogP contribution is -1.63. The number of allylic oxidation sites excluding steroid dienone is 4. The van der Waals surface area contributed by atoms with Gasteiger partial charge in [-0.2, -0.15) is 10.5 Å². The highest BCUT2D eigenvalue weighted by atomic mass is 14.2. The summed E-state index contributed by atoms with van der Waals surface area (Å²) in [6, 6.07) is 3.68. The van der Waals surface area contributed by atoms with Crippen LogP contribution in [0.1, 0.15) is 6.92 Å². The first-order valence-corrected chi connectivity index (χ1v) is 2.44. The molecule has 0 spiro atoms. The number of hydrogen-bond donors (Lipinski definition) is 0. The Bertz CT molecular complexity index is 210. The van der Waals surface area contributed by atoms with E-state index in [4.69, 9.17) is 10.5 Å².